The van der Waals surface area contributed by atoms with E-state index in [1.165, 1.54) is 5.69 Å². The van der Waals surface area contributed by atoms with Crippen LogP contribution < -0.4 is 10.6 Å². The van der Waals surface area contributed by atoms with Crippen molar-refractivity contribution in [3.8, 4) is 22.5 Å². The summed E-state index contributed by atoms with van der Waals surface area (Å²) in [5, 5.41) is 0. The Labute approximate surface area is 169 Å². The van der Waals surface area contributed by atoms with Gasteiger partial charge >= 0.3 is 0 Å². The normalized spacial score (nSPS) is 14.3. The molecule has 3 heterocycles. The fraction of sp³-hybridized carbons (Fsp3) is 0.174. The van der Waals surface area contributed by atoms with Gasteiger partial charge < -0.3 is 15.4 Å². The Morgan fingerprint density at radius 3 is 2.28 bits per heavy atom. The van der Waals surface area contributed by atoms with E-state index in [1.54, 1.807) is 0 Å². The Hall–Kier alpha value is -3.51. The van der Waals surface area contributed by atoms with Gasteiger partial charge in [-0.2, -0.15) is 0 Å². The SMILES string of the molecule is Nc1nc(-c2ccccc2)c2nc(-c3ccc(N4CCOCC4)cc3)ccc2n1. The van der Waals surface area contributed by atoms with E-state index < -0.39 is 0 Å². The van der Waals surface area contributed by atoms with Gasteiger partial charge in [0.05, 0.1) is 24.4 Å². The molecule has 0 saturated carbocycles. The molecule has 1 saturated heterocycles. The number of fused-ring (bicyclic) bond motifs is 1. The molecule has 1 fully saturated rings. The Bertz CT molecular complexity index is 1140. The van der Waals surface area contributed by atoms with Gasteiger partial charge in [0.2, 0.25) is 5.95 Å². The Balaban J connectivity index is 1.55. The van der Waals surface area contributed by atoms with Gasteiger partial charge in [0.1, 0.15) is 11.2 Å². The van der Waals surface area contributed by atoms with E-state index >= 15 is 0 Å². The minimum Gasteiger partial charge on any atom is -0.378 e. The fourth-order valence-corrected chi connectivity index (χ4v) is 3.65. The molecule has 2 aromatic carbocycles. The molecule has 0 unspecified atom stereocenters. The molecular formula is C23H21N5O. The second-order valence-corrected chi connectivity index (χ2v) is 7.01. The highest BCUT2D eigenvalue weighted by atomic mass is 16.5. The zero-order valence-electron chi connectivity index (χ0n) is 16.0. The summed E-state index contributed by atoms with van der Waals surface area (Å²) < 4.78 is 5.44. The zero-order valence-corrected chi connectivity index (χ0v) is 16.0. The smallest absolute Gasteiger partial charge is 0.221 e. The number of morpholine rings is 1. The molecule has 0 amide bonds. The molecule has 0 radical (unpaired) electrons. The molecule has 2 N–H and O–H groups in total. The lowest BCUT2D eigenvalue weighted by Crippen LogP contribution is -2.36. The van der Waals surface area contributed by atoms with Crippen LogP contribution in [0.25, 0.3) is 33.5 Å². The fourth-order valence-electron chi connectivity index (χ4n) is 3.65. The Morgan fingerprint density at radius 1 is 0.759 bits per heavy atom. The predicted octanol–water partition coefficient (Wildman–Crippen LogP) is 3.78. The summed E-state index contributed by atoms with van der Waals surface area (Å²) >= 11 is 0. The first-order chi connectivity index (χ1) is 14.3. The standard InChI is InChI=1S/C23H21N5O/c24-23-26-20-11-10-19(25-22(20)21(27-23)17-4-2-1-3-5-17)16-6-8-18(9-7-16)28-12-14-29-15-13-28/h1-11H,12-15H2,(H2,24,26,27). The number of aromatic nitrogens is 3. The van der Waals surface area contributed by atoms with Crippen molar-refractivity contribution in [3.63, 3.8) is 0 Å². The number of benzene rings is 2. The van der Waals surface area contributed by atoms with Crippen molar-refractivity contribution in [2.24, 2.45) is 0 Å². The van der Waals surface area contributed by atoms with Gasteiger partial charge in [-0.3, -0.25) is 0 Å². The number of nitrogens with two attached hydrogens (primary N) is 1. The molecule has 0 bridgehead atoms. The van der Waals surface area contributed by atoms with E-state index in [1.807, 2.05) is 42.5 Å². The molecular weight excluding hydrogens is 362 g/mol. The molecule has 0 aliphatic carbocycles. The van der Waals surface area contributed by atoms with Gasteiger partial charge in [-0.25, -0.2) is 15.0 Å². The molecule has 1 aliphatic rings. The third-order valence-corrected chi connectivity index (χ3v) is 5.15. The molecule has 6 heteroatoms. The number of rotatable bonds is 3. The number of nitrogen functional groups attached to an aromatic ring is 1. The van der Waals surface area contributed by atoms with Crippen molar-refractivity contribution in [1.82, 2.24) is 15.0 Å². The van der Waals surface area contributed by atoms with Gasteiger partial charge in [-0.15, -0.1) is 0 Å². The second-order valence-electron chi connectivity index (χ2n) is 7.01. The minimum atomic E-state index is 0.251. The van der Waals surface area contributed by atoms with Crippen molar-refractivity contribution in [1.29, 1.82) is 0 Å². The van der Waals surface area contributed by atoms with E-state index in [2.05, 4.69) is 39.1 Å². The van der Waals surface area contributed by atoms with Crippen LogP contribution in [0, 0.1) is 0 Å². The van der Waals surface area contributed by atoms with Crippen LogP contribution >= 0.6 is 0 Å². The molecule has 29 heavy (non-hydrogen) atoms. The van der Waals surface area contributed by atoms with E-state index in [9.17, 15) is 0 Å². The van der Waals surface area contributed by atoms with Crippen LogP contribution in [-0.2, 0) is 4.74 Å². The van der Waals surface area contributed by atoms with E-state index in [0.717, 1.165) is 59.9 Å². The average Bonchev–Trinajstić information content (AvgIpc) is 2.79. The molecule has 0 atom stereocenters. The lowest BCUT2D eigenvalue weighted by atomic mass is 10.1. The average molecular weight is 383 g/mol. The van der Waals surface area contributed by atoms with Crippen LogP contribution in [0.5, 0.6) is 0 Å². The maximum absolute atomic E-state index is 5.94. The highest BCUT2D eigenvalue weighted by Gasteiger charge is 2.13. The molecule has 6 nitrogen and oxygen atoms in total. The number of anilines is 2. The number of pyridine rings is 1. The zero-order chi connectivity index (χ0) is 19.6. The first-order valence-corrected chi connectivity index (χ1v) is 9.71. The predicted molar refractivity (Wildman–Crippen MR) is 116 cm³/mol. The lowest BCUT2D eigenvalue weighted by molar-refractivity contribution is 0.122. The quantitative estimate of drug-likeness (QED) is 0.580. The summed E-state index contributed by atoms with van der Waals surface area (Å²) in [6.45, 7) is 3.40. The van der Waals surface area contributed by atoms with E-state index in [0.29, 0.717) is 0 Å². The van der Waals surface area contributed by atoms with Crippen LogP contribution in [0.1, 0.15) is 0 Å². The topological polar surface area (TPSA) is 77.2 Å². The Morgan fingerprint density at radius 2 is 1.52 bits per heavy atom. The van der Waals surface area contributed by atoms with E-state index in [-0.39, 0.29) is 5.95 Å². The van der Waals surface area contributed by atoms with Crippen LogP contribution in [0.3, 0.4) is 0 Å². The van der Waals surface area contributed by atoms with Gasteiger partial charge in [0, 0.05) is 29.9 Å². The summed E-state index contributed by atoms with van der Waals surface area (Å²) in [6, 6.07) is 22.4. The molecule has 0 spiro atoms. The second kappa shape index (κ2) is 7.48. The van der Waals surface area contributed by atoms with Crippen molar-refractivity contribution in [2.45, 2.75) is 0 Å². The van der Waals surface area contributed by atoms with E-state index in [4.69, 9.17) is 15.5 Å². The first kappa shape index (κ1) is 17.6. The van der Waals surface area contributed by atoms with Gasteiger partial charge in [-0.1, -0.05) is 42.5 Å². The van der Waals surface area contributed by atoms with Gasteiger partial charge in [0.15, 0.2) is 0 Å². The van der Waals surface area contributed by atoms with Crippen molar-refractivity contribution >= 4 is 22.7 Å². The van der Waals surface area contributed by atoms with Crippen LogP contribution in [0.4, 0.5) is 11.6 Å². The summed E-state index contributed by atoms with van der Waals surface area (Å²) in [4.78, 5) is 16.1. The monoisotopic (exact) mass is 383 g/mol. The van der Waals surface area contributed by atoms with Crippen molar-refractivity contribution < 1.29 is 4.74 Å². The molecule has 5 rings (SSSR count). The number of nitrogens with zero attached hydrogens (tertiary/aromatic N) is 4. The van der Waals surface area contributed by atoms with Crippen LogP contribution in [0.15, 0.2) is 66.7 Å². The lowest BCUT2D eigenvalue weighted by Gasteiger charge is -2.28. The molecule has 4 aromatic rings. The number of hydrogen-bond donors (Lipinski definition) is 1. The van der Waals surface area contributed by atoms with Crippen LogP contribution in [-0.4, -0.2) is 41.3 Å². The summed E-state index contributed by atoms with van der Waals surface area (Å²) in [5.41, 5.74) is 12.3. The van der Waals surface area contributed by atoms with Crippen molar-refractivity contribution in [2.75, 3.05) is 36.9 Å². The number of hydrogen-bond acceptors (Lipinski definition) is 6. The third-order valence-electron chi connectivity index (χ3n) is 5.15. The highest BCUT2D eigenvalue weighted by Crippen LogP contribution is 2.29. The third kappa shape index (κ3) is 3.50. The summed E-state index contributed by atoms with van der Waals surface area (Å²) in [7, 11) is 0. The summed E-state index contributed by atoms with van der Waals surface area (Å²) in [6.07, 6.45) is 0. The van der Waals surface area contributed by atoms with Crippen LogP contribution in [0.2, 0.25) is 0 Å². The number of ether oxygens (including phenoxy) is 1. The minimum absolute atomic E-state index is 0.251. The maximum atomic E-state index is 5.94. The summed E-state index contributed by atoms with van der Waals surface area (Å²) in [5.74, 6) is 0.251. The molecule has 144 valence electrons. The molecule has 2 aromatic heterocycles. The first-order valence-electron chi connectivity index (χ1n) is 9.71. The molecule has 1 aliphatic heterocycles. The Kier molecular flexibility index (Phi) is 4.54. The van der Waals surface area contributed by atoms with Gasteiger partial charge in [0.25, 0.3) is 0 Å². The highest BCUT2D eigenvalue weighted by molar-refractivity contribution is 5.91. The van der Waals surface area contributed by atoms with Crippen molar-refractivity contribution in [3.05, 3.63) is 66.7 Å². The largest absolute Gasteiger partial charge is 0.378 e. The van der Waals surface area contributed by atoms with Gasteiger partial charge in [-0.05, 0) is 24.3 Å². The maximum Gasteiger partial charge on any atom is 0.221 e.